The molecule has 0 radical (unpaired) electrons. The van der Waals surface area contributed by atoms with Gasteiger partial charge in [0.15, 0.2) is 16.4 Å². The van der Waals surface area contributed by atoms with Crippen molar-refractivity contribution in [3.63, 3.8) is 0 Å². The first-order valence-corrected chi connectivity index (χ1v) is 9.66. The second kappa shape index (κ2) is 6.83. The molecule has 1 atom stereocenters. The second-order valence-corrected chi connectivity index (χ2v) is 8.24. The molecule has 1 aliphatic rings. The van der Waals surface area contributed by atoms with Gasteiger partial charge in [-0.2, -0.15) is 4.98 Å². The van der Waals surface area contributed by atoms with Gasteiger partial charge in [0.1, 0.15) is 5.75 Å². The van der Waals surface area contributed by atoms with Crippen LogP contribution in [0, 0.1) is 6.92 Å². The molecule has 0 spiro atoms. The molecule has 0 N–H and O–H groups in total. The molecule has 134 valence electrons. The molecule has 25 heavy (non-hydrogen) atoms. The molecule has 1 aliphatic heterocycles. The lowest BCUT2D eigenvalue weighted by molar-refractivity contribution is 0.0747. The molecule has 9 heteroatoms. The number of hydrogen-bond donors (Lipinski definition) is 0. The van der Waals surface area contributed by atoms with Crippen LogP contribution >= 0.6 is 0 Å². The number of aromatic nitrogens is 2. The molecule has 1 aromatic heterocycles. The van der Waals surface area contributed by atoms with Gasteiger partial charge in [-0.15, -0.1) is 0 Å². The summed E-state index contributed by atoms with van der Waals surface area (Å²) in [5.74, 6) is 1.45. The maximum Gasteiger partial charge on any atom is 0.253 e. The second-order valence-electron chi connectivity index (χ2n) is 6.02. The van der Waals surface area contributed by atoms with Gasteiger partial charge >= 0.3 is 0 Å². The number of amides is 1. The molecular weight excluding hydrogens is 346 g/mol. The summed E-state index contributed by atoms with van der Waals surface area (Å²) in [7, 11) is -1.39. The molecule has 1 aromatic carbocycles. The summed E-state index contributed by atoms with van der Waals surface area (Å²) in [6, 6.07) is 6.40. The Hall–Kier alpha value is -2.42. The van der Waals surface area contributed by atoms with Gasteiger partial charge in [0.05, 0.1) is 11.5 Å². The summed E-state index contributed by atoms with van der Waals surface area (Å²) in [6.45, 7) is 1.87. The molecule has 2 aromatic rings. The first-order chi connectivity index (χ1) is 11.8. The number of hydrogen-bond acceptors (Lipinski definition) is 7. The lowest BCUT2D eigenvalue weighted by Crippen LogP contribution is -2.37. The summed E-state index contributed by atoms with van der Waals surface area (Å²) in [5.41, 5.74) is 0.481. The molecule has 0 aliphatic carbocycles. The molecule has 0 unspecified atom stereocenters. The number of carbonyl (C=O) groups is 1. The Kier molecular flexibility index (Phi) is 4.76. The highest BCUT2D eigenvalue weighted by atomic mass is 32.2. The van der Waals surface area contributed by atoms with Crippen molar-refractivity contribution in [3.05, 3.63) is 41.5 Å². The summed E-state index contributed by atoms with van der Waals surface area (Å²) >= 11 is 0. The minimum atomic E-state index is -3.03. The number of benzene rings is 1. The van der Waals surface area contributed by atoms with E-state index in [0.717, 1.165) is 0 Å². The molecule has 0 bridgehead atoms. The van der Waals surface area contributed by atoms with Gasteiger partial charge in [0.2, 0.25) is 11.7 Å². The van der Waals surface area contributed by atoms with Gasteiger partial charge in [0.25, 0.3) is 5.91 Å². The third kappa shape index (κ3) is 4.16. The first kappa shape index (κ1) is 17.4. The Bertz CT molecular complexity index is 860. The molecule has 1 amide bonds. The summed E-state index contributed by atoms with van der Waals surface area (Å²) in [4.78, 5) is 18.0. The fourth-order valence-corrected chi connectivity index (χ4v) is 4.47. The normalized spacial score (nSPS) is 18.9. The summed E-state index contributed by atoms with van der Waals surface area (Å²) in [5, 5.41) is 3.73. The highest BCUT2D eigenvalue weighted by Gasteiger charge is 2.33. The van der Waals surface area contributed by atoms with E-state index in [9.17, 15) is 13.2 Å². The predicted molar refractivity (Wildman–Crippen MR) is 89.0 cm³/mol. The monoisotopic (exact) mass is 365 g/mol. The fraction of sp³-hybridized carbons (Fsp3) is 0.438. The van der Waals surface area contributed by atoms with E-state index in [4.69, 9.17) is 9.26 Å². The number of ether oxygens (including phenoxy) is 1. The number of sulfone groups is 1. The van der Waals surface area contributed by atoms with Crippen molar-refractivity contribution in [1.29, 1.82) is 0 Å². The van der Waals surface area contributed by atoms with Crippen LogP contribution in [0.15, 0.2) is 28.8 Å². The lowest BCUT2D eigenvalue weighted by atomic mass is 10.1. The third-order valence-corrected chi connectivity index (χ3v) is 5.87. The smallest absolute Gasteiger partial charge is 0.253 e. The molecule has 3 rings (SSSR count). The quantitative estimate of drug-likeness (QED) is 0.785. The van der Waals surface area contributed by atoms with E-state index in [1.165, 1.54) is 4.90 Å². The van der Waals surface area contributed by atoms with Crippen molar-refractivity contribution < 1.29 is 22.5 Å². The average molecular weight is 365 g/mol. The minimum absolute atomic E-state index is 0.0283. The van der Waals surface area contributed by atoms with E-state index >= 15 is 0 Å². The molecule has 0 saturated carbocycles. The predicted octanol–water partition coefficient (Wildman–Crippen LogP) is 1.22. The largest absolute Gasteiger partial charge is 0.485 e. The van der Waals surface area contributed by atoms with Crippen molar-refractivity contribution in [3.8, 4) is 5.75 Å². The minimum Gasteiger partial charge on any atom is -0.485 e. The Balaban J connectivity index is 1.60. The van der Waals surface area contributed by atoms with Crippen molar-refractivity contribution in [2.45, 2.75) is 26.0 Å². The van der Waals surface area contributed by atoms with Crippen molar-refractivity contribution in [1.82, 2.24) is 15.0 Å². The Labute approximate surface area is 145 Å². The lowest BCUT2D eigenvalue weighted by Gasteiger charge is -2.23. The first-order valence-electron chi connectivity index (χ1n) is 7.84. The highest BCUT2D eigenvalue weighted by molar-refractivity contribution is 7.91. The van der Waals surface area contributed by atoms with Crippen LogP contribution in [0.1, 0.15) is 28.5 Å². The van der Waals surface area contributed by atoms with Crippen LogP contribution in [0.25, 0.3) is 0 Å². The fourth-order valence-electron chi connectivity index (χ4n) is 2.69. The van der Waals surface area contributed by atoms with Gasteiger partial charge in [-0.3, -0.25) is 4.79 Å². The molecule has 2 heterocycles. The van der Waals surface area contributed by atoms with E-state index in [1.54, 1.807) is 38.2 Å². The third-order valence-electron chi connectivity index (χ3n) is 4.12. The van der Waals surface area contributed by atoms with E-state index in [-0.39, 0.29) is 30.1 Å². The molecule has 8 nitrogen and oxygen atoms in total. The van der Waals surface area contributed by atoms with E-state index < -0.39 is 9.84 Å². The molecular formula is C16H19N3O5S. The van der Waals surface area contributed by atoms with Gasteiger partial charge < -0.3 is 14.2 Å². The van der Waals surface area contributed by atoms with Gasteiger partial charge in [-0.05, 0) is 30.7 Å². The zero-order chi connectivity index (χ0) is 18.0. The van der Waals surface area contributed by atoms with Crippen LogP contribution in [-0.2, 0) is 16.4 Å². The number of nitrogens with zero attached hydrogens (tertiary/aromatic N) is 3. The van der Waals surface area contributed by atoms with Crippen LogP contribution in [0.5, 0.6) is 5.75 Å². The molecule has 1 fully saturated rings. The van der Waals surface area contributed by atoms with Crippen LogP contribution in [0.4, 0.5) is 0 Å². The summed E-state index contributed by atoms with van der Waals surface area (Å²) < 4.78 is 33.5. The highest BCUT2D eigenvalue weighted by Crippen LogP contribution is 2.20. The maximum atomic E-state index is 12.5. The SMILES string of the molecule is Cc1nc(COc2ccc(C(=O)N(C)[C@H]3CCS(=O)(=O)C3)cc2)no1. The maximum absolute atomic E-state index is 12.5. The number of rotatable bonds is 5. The Morgan fingerprint density at radius 3 is 2.64 bits per heavy atom. The van der Waals surface area contributed by atoms with Crippen molar-refractivity contribution in [2.75, 3.05) is 18.6 Å². The Morgan fingerprint density at radius 1 is 1.36 bits per heavy atom. The van der Waals surface area contributed by atoms with Crippen LogP contribution in [0.2, 0.25) is 0 Å². The van der Waals surface area contributed by atoms with Crippen molar-refractivity contribution in [2.24, 2.45) is 0 Å². The zero-order valence-corrected chi connectivity index (χ0v) is 14.8. The average Bonchev–Trinajstić information content (AvgIpc) is 3.17. The van der Waals surface area contributed by atoms with Gasteiger partial charge in [0, 0.05) is 25.6 Å². The molecule has 1 saturated heterocycles. The zero-order valence-electron chi connectivity index (χ0n) is 14.0. The van der Waals surface area contributed by atoms with Crippen LogP contribution in [-0.4, -0.2) is 54.0 Å². The Morgan fingerprint density at radius 2 is 2.08 bits per heavy atom. The number of carbonyl (C=O) groups excluding carboxylic acids is 1. The summed E-state index contributed by atoms with van der Waals surface area (Å²) in [6.07, 6.45) is 0.482. The van der Waals surface area contributed by atoms with Crippen LogP contribution in [0.3, 0.4) is 0 Å². The van der Waals surface area contributed by atoms with Crippen molar-refractivity contribution >= 4 is 15.7 Å². The van der Waals surface area contributed by atoms with Gasteiger partial charge in [-0.25, -0.2) is 8.42 Å². The standard InChI is InChI=1S/C16H19N3O5S/c1-11-17-15(18-24-11)9-23-14-5-3-12(4-6-14)16(20)19(2)13-7-8-25(21,22)10-13/h3-6,13H,7-10H2,1-2H3/t13-/m0/s1. The topological polar surface area (TPSA) is 103 Å². The van der Waals surface area contributed by atoms with E-state index in [0.29, 0.717) is 29.4 Å². The van der Waals surface area contributed by atoms with E-state index in [2.05, 4.69) is 10.1 Å². The van der Waals surface area contributed by atoms with E-state index in [1.807, 2.05) is 0 Å². The van der Waals surface area contributed by atoms with Crippen LogP contribution < -0.4 is 4.74 Å². The number of aryl methyl sites for hydroxylation is 1. The van der Waals surface area contributed by atoms with Gasteiger partial charge in [-0.1, -0.05) is 5.16 Å².